The van der Waals surface area contributed by atoms with Gasteiger partial charge in [-0.25, -0.2) is 4.98 Å². The Morgan fingerprint density at radius 1 is 1.55 bits per heavy atom. The van der Waals surface area contributed by atoms with Gasteiger partial charge in [0, 0.05) is 4.88 Å². The second kappa shape index (κ2) is 4.81. The Morgan fingerprint density at radius 3 is 3.00 bits per heavy atom. The maximum absolute atomic E-state index is 12.7. The fraction of sp³-hybridized carbons (Fsp3) is 0.533. The first-order chi connectivity index (χ1) is 9.49. The molecule has 2 aromatic rings. The van der Waals surface area contributed by atoms with E-state index >= 15 is 0 Å². The van der Waals surface area contributed by atoms with Gasteiger partial charge in [0.1, 0.15) is 4.83 Å². The SMILES string of the molecule is CC(=O)C(C)n1cnc2sc3c(c2c1=O)CCC(C)C3. The summed E-state index contributed by atoms with van der Waals surface area (Å²) in [6, 6.07) is -0.447. The standard InChI is InChI=1S/C15H18N2O2S/c1-8-4-5-11-12(6-8)20-14-13(11)15(19)17(7-16-14)9(2)10(3)18/h7-9H,4-6H2,1-3H3. The molecular weight excluding hydrogens is 272 g/mol. The lowest BCUT2D eigenvalue weighted by Gasteiger charge is -2.17. The topological polar surface area (TPSA) is 52.0 Å². The molecule has 20 heavy (non-hydrogen) atoms. The van der Waals surface area contributed by atoms with E-state index in [2.05, 4.69) is 11.9 Å². The summed E-state index contributed by atoms with van der Waals surface area (Å²) in [4.78, 5) is 30.7. The fourth-order valence-electron chi connectivity index (χ4n) is 2.82. The van der Waals surface area contributed by atoms with Gasteiger partial charge in [-0.05, 0) is 44.6 Å². The van der Waals surface area contributed by atoms with Crippen LogP contribution in [-0.2, 0) is 17.6 Å². The number of Topliss-reactive ketones (excluding diaryl/α,β-unsaturated/α-hetero) is 1. The third-order valence-electron chi connectivity index (χ3n) is 4.25. The zero-order valence-electron chi connectivity index (χ0n) is 12.0. The van der Waals surface area contributed by atoms with E-state index in [4.69, 9.17) is 0 Å². The van der Waals surface area contributed by atoms with Crippen molar-refractivity contribution in [2.75, 3.05) is 0 Å². The lowest BCUT2D eigenvalue weighted by molar-refractivity contribution is -0.119. The van der Waals surface area contributed by atoms with Gasteiger partial charge in [0.25, 0.3) is 5.56 Å². The Labute approximate surface area is 121 Å². The number of hydrogen-bond donors (Lipinski definition) is 0. The van der Waals surface area contributed by atoms with E-state index in [1.54, 1.807) is 18.3 Å². The van der Waals surface area contributed by atoms with Crippen molar-refractivity contribution in [2.24, 2.45) is 5.92 Å². The first kappa shape index (κ1) is 13.5. The second-order valence-corrected chi connectivity index (χ2v) is 6.86. The van der Waals surface area contributed by atoms with Gasteiger partial charge in [-0.1, -0.05) is 6.92 Å². The molecule has 0 radical (unpaired) electrons. The zero-order chi connectivity index (χ0) is 14.4. The van der Waals surface area contributed by atoms with Crippen LogP contribution in [0, 0.1) is 5.92 Å². The highest BCUT2D eigenvalue weighted by molar-refractivity contribution is 7.18. The Hall–Kier alpha value is -1.49. The Kier molecular flexibility index (Phi) is 3.24. The average molecular weight is 290 g/mol. The molecule has 0 amide bonds. The van der Waals surface area contributed by atoms with E-state index < -0.39 is 6.04 Å². The molecule has 0 spiro atoms. The molecule has 1 aliphatic rings. The van der Waals surface area contributed by atoms with E-state index in [0.29, 0.717) is 5.92 Å². The largest absolute Gasteiger partial charge is 0.298 e. The monoisotopic (exact) mass is 290 g/mol. The lowest BCUT2D eigenvalue weighted by Crippen LogP contribution is -2.27. The van der Waals surface area contributed by atoms with Crippen molar-refractivity contribution in [3.63, 3.8) is 0 Å². The molecule has 1 aliphatic carbocycles. The minimum atomic E-state index is -0.447. The molecule has 2 heterocycles. The van der Waals surface area contributed by atoms with Gasteiger partial charge >= 0.3 is 0 Å². The molecule has 2 aromatic heterocycles. The van der Waals surface area contributed by atoms with E-state index in [1.165, 1.54) is 28.3 Å². The van der Waals surface area contributed by atoms with E-state index in [0.717, 1.165) is 29.5 Å². The molecule has 2 atom stereocenters. The summed E-state index contributed by atoms with van der Waals surface area (Å²) in [6.45, 7) is 5.50. The number of fused-ring (bicyclic) bond motifs is 3. The van der Waals surface area contributed by atoms with E-state index in [1.807, 2.05) is 0 Å². The van der Waals surface area contributed by atoms with Gasteiger partial charge in [-0.2, -0.15) is 0 Å². The summed E-state index contributed by atoms with van der Waals surface area (Å²) in [5.41, 5.74) is 1.11. The molecule has 0 saturated heterocycles. The molecule has 0 N–H and O–H groups in total. The minimum Gasteiger partial charge on any atom is -0.298 e. The number of carbonyl (C=O) groups is 1. The van der Waals surface area contributed by atoms with E-state index in [9.17, 15) is 9.59 Å². The average Bonchev–Trinajstić information content (AvgIpc) is 2.76. The maximum atomic E-state index is 12.7. The predicted octanol–water partition coefficient (Wildman–Crippen LogP) is 2.73. The number of thiophene rings is 1. The van der Waals surface area contributed by atoms with Crippen LogP contribution in [0.3, 0.4) is 0 Å². The van der Waals surface area contributed by atoms with Crippen LogP contribution in [0.4, 0.5) is 0 Å². The summed E-state index contributed by atoms with van der Waals surface area (Å²) in [6.07, 6.45) is 4.63. The summed E-state index contributed by atoms with van der Waals surface area (Å²) < 4.78 is 1.47. The molecule has 0 saturated carbocycles. The zero-order valence-corrected chi connectivity index (χ0v) is 12.8. The van der Waals surface area contributed by atoms with Crippen LogP contribution < -0.4 is 5.56 Å². The van der Waals surface area contributed by atoms with Crippen molar-refractivity contribution in [3.05, 3.63) is 27.1 Å². The smallest absolute Gasteiger partial charge is 0.263 e. The highest BCUT2D eigenvalue weighted by Crippen LogP contribution is 2.35. The van der Waals surface area contributed by atoms with E-state index in [-0.39, 0.29) is 11.3 Å². The molecule has 0 aliphatic heterocycles. The molecule has 2 unspecified atom stereocenters. The minimum absolute atomic E-state index is 0.0223. The molecule has 3 rings (SSSR count). The van der Waals surface area contributed by atoms with Crippen LogP contribution in [0.5, 0.6) is 0 Å². The number of nitrogens with zero attached hydrogens (tertiary/aromatic N) is 2. The van der Waals surface area contributed by atoms with Crippen LogP contribution >= 0.6 is 11.3 Å². The number of ketones is 1. The molecule has 0 aromatic carbocycles. The summed E-state index contributed by atoms with van der Waals surface area (Å²) in [5.74, 6) is 0.653. The first-order valence-corrected chi connectivity index (χ1v) is 7.82. The van der Waals surface area contributed by atoms with Crippen molar-refractivity contribution in [1.29, 1.82) is 0 Å². The molecule has 4 nitrogen and oxygen atoms in total. The third-order valence-corrected chi connectivity index (χ3v) is 5.41. The maximum Gasteiger partial charge on any atom is 0.263 e. The van der Waals surface area contributed by atoms with Gasteiger partial charge in [-0.3, -0.25) is 14.2 Å². The van der Waals surface area contributed by atoms with Gasteiger partial charge in [-0.15, -0.1) is 11.3 Å². The van der Waals surface area contributed by atoms with Crippen LogP contribution in [0.15, 0.2) is 11.1 Å². The highest BCUT2D eigenvalue weighted by atomic mass is 32.1. The van der Waals surface area contributed by atoms with Crippen molar-refractivity contribution in [3.8, 4) is 0 Å². The normalized spacial score (nSPS) is 19.9. The number of aryl methyl sites for hydroxylation is 1. The number of hydrogen-bond acceptors (Lipinski definition) is 4. The molecule has 106 valence electrons. The number of rotatable bonds is 2. The van der Waals surface area contributed by atoms with Crippen molar-refractivity contribution < 1.29 is 4.79 Å². The molecular formula is C15H18N2O2S. The quantitative estimate of drug-likeness (QED) is 0.854. The van der Waals surface area contributed by atoms with Gasteiger partial charge in [0.05, 0.1) is 17.8 Å². The van der Waals surface area contributed by atoms with Gasteiger partial charge in [0.15, 0.2) is 5.78 Å². The fourth-order valence-corrected chi connectivity index (χ4v) is 4.16. The summed E-state index contributed by atoms with van der Waals surface area (Å²) in [5, 5.41) is 0.743. The van der Waals surface area contributed by atoms with Gasteiger partial charge in [0.2, 0.25) is 0 Å². The molecule has 5 heteroatoms. The van der Waals surface area contributed by atoms with Crippen molar-refractivity contribution >= 4 is 27.3 Å². The van der Waals surface area contributed by atoms with Crippen molar-refractivity contribution in [2.45, 2.75) is 46.1 Å². The Balaban J connectivity index is 2.23. The number of carbonyl (C=O) groups excluding carboxylic acids is 1. The van der Waals surface area contributed by atoms with Gasteiger partial charge < -0.3 is 0 Å². The Morgan fingerprint density at radius 2 is 2.30 bits per heavy atom. The van der Waals surface area contributed by atoms with Crippen LogP contribution in [0.25, 0.3) is 10.2 Å². The highest BCUT2D eigenvalue weighted by Gasteiger charge is 2.24. The molecule has 0 fully saturated rings. The molecule has 0 bridgehead atoms. The van der Waals surface area contributed by atoms with Crippen LogP contribution in [-0.4, -0.2) is 15.3 Å². The number of aromatic nitrogens is 2. The lowest BCUT2D eigenvalue weighted by atomic mass is 9.89. The van der Waals surface area contributed by atoms with Crippen molar-refractivity contribution in [1.82, 2.24) is 9.55 Å². The summed E-state index contributed by atoms with van der Waals surface area (Å²) in [7, 11) is 0. The third kappa shape index (κ3) is 2.00. The Bertz CT molecular complexity index is 744. The predicted molar refractivity (Wildman–Crippen MR) is 80.5 cm³/mol. The first-order valence-electron chi connectivity index (χ1n) is 7.01. The second-order valence-electron chi connectivity index (χ2n) is 5.78. The van der Waals surface area contributed by atoms with Crippen LogP contribution in [0.1, 0.15) is 43.7 Å². The van der Waals surface area contributed by atoms with Crippen LogP contribution in [0.2, 0.25) is 0 Å². The summed E-state index contributed by atoms with van der Waals surface area (Å²) >= 11 is 1.64.